The van der Waals surface area contributed by atoms with Crippen molar-refractivity contribution in [2.24, 2.45) is 0 Å². The van der Waals surface area contributed by atoms with Crippen LogP contribution < -0.4 is 5.32 Å². The van der Waals surface area contributed by atoms with Crippen LogP contribution in [-0.2, 0) is 9.59 Å². The Morgan fingerprint density at radius 2 is 1.93 bits per heavy atom. The van der Waals surface area contributed by atoms with E-state index >= 15 is 0 Å². The third-order valence-corrected chi connectivity index (χ3v) is 4.76. The van der Waals surface area contributed by atoms with E-state index in [4.69, 9.17) is 11.6 Å². The van der Waals surface area contributed by atoms with Crippen molar-refractivity contribution in [3.05, 3.63) is 52.6 Å². The summed E-state index contributed by atoms with van der Waals surface area (Å²) in [4.78, 5) is 25.7. The molecule has 1 N–H and O–H groups in total. The Morgan fingerprint density at radius 1 is 1.26 bits per heavy atom. The molecule has 1 aromatic carbocycles. The quantitative estimate of drug-likeness (QED) is 0.798. The van der Waals surface area contributed by atoms with Gasteiger partial charge in [0.05, 0.1) is 17.9 Å². The SMILES string of the molecule is Cc1nn(-c2ccc(F)cc2)c(Cl)c1/C=C/C(=O)NCC(=O)N1CCCC1. The summed E-state index contributed by atoms with van der Waals surface area (Å²) in [5, 5.41) is 7.23. The first kappa shape index (κ1) is 19.1. The zero-order valence-corrected chi connectivity index (χ0v) is 15.7. The van der Waals surface area contributed by atoms with Gasteiger partial charge >= 0.3 is 0 Å². The van der Waals surface area contributed by atoms with Crippen LogP contribution >= 0.6 is 11.6 Å². The summed E-state index contributed by atoms with van der Waals surface area (Å²) in [5.74, 6) is -0.806. The van der Waals surface area contributed by atoms with E-state index in [0.29, 0.717) is 22.1 Å². The number of nitrogens with one attached hydrogen (secondary N) is 1. The molecular formula is C19H20ClFN4O2. The van der Waals surface area contributed by atoms with Crippen LogP contribution in [0.25, 0.3) is 11.8 Å². The van der Waals surface area contributed by atoms with Gasteiger partial charge in [-0.3, -0.25) is 9.59 Å². The molecule has 27 heavy (non-hydrogen) atoms. The third kappa shape index (κ3) is 4.54. The van der Waals surface area contributed by atoms with Crippen LogP contribution in [0, 0.1) is 12.7 Å². The van der Waals surface area contributed by atoms with E-state index in [-0.39, 0.29) is 24.2 Å². The standard InChI is InChI=1S/C19H20ClFN4O2/c1-13-16(19(20)25(23-13)15-6-4-14(21)5-7-15)8-9-17(26)22-12-18(27)24-10-2-3-11-24/h4-9H,2-3,10-12H2,1H3,(H,22,26)/b9-8+. The highest BCUT2D eigenvalue weighted by atomic mass is 35.5. The number of halogens is 2. The molecular weight excluding hydrogens is 371 g/mol. The summed E-state index contributed by atoms with van der Waals surface area (Å²) < 4.78 is 14.6. The van der Waals surface area contributed by atoms with Crippen LogP contribution in [-0.4, -0.2) is 46.1 Å². The molecule has 3 rings (SSSR count). The second-order valence-corrected chi connectivity index (χ2v) is 6.68. The second kappa shape index (κ2) is 8.35. The van der Waals surface area contributed by atoms with Gasteiger partial charge in [0.1, 0.15) is 11.0 Å². The normalized spacial score (nSPS) is 14.1. The summed E-state index contributed by atoms with van der Waals surface area (Å²) >= 11 is 6.36. The predicted octanol–water partition coefficient (Wildman–Crippen LogP) is 2.73. The van der Waals surface area contributed by atoms with Gasteiger partial charge in [-0.25, -0.2) is 9.07 Å². The zero-order chi connectivity index (χ0) is 19.4. The molecule has 1 fully saturated rings. The first-order valence-corrected chi connectivity index (χ1v) is 9.08. The first-order valence-electron chi connectivity index (χ1n) is 8.70. The van der Waals surface area contributed by atoms with Gasteiger partial charge in [-0.2, -0.15) is 5.10 Å². The highest BCUT2D eigenvalue weighted by Crippen LogP contribution is 2.24. The minimum absolute atomic E-state index is 0.0231. The Bertz CT molecular complexity index is 871. The maximum atomic E-state index is 13.1. The van der Waals surface area contributed by atoms with Crippen molar-refractivity contribution >= 4 is 29.5 Å². The Morgan fingerprint density at radius 3 is 2.59 bits per heavy atom. The molecule has 1 aliphatic rings. The molecule has 2 heterocycles. The fourth-order valence-electron chi connectivity index (χ4n) is 2.91. The molecule has 0 atom stereocenters. The van der Waals surface area contributed by atoms with E-state index < -0.39 is 0 Å². The van der Waals surface area contributed by atoms with Crippen LogP contribution in [0.3, 0.4) is 0 Å². The number of hydrogen-bond acceptors (Lipinski definition) is 3. The van der Waals surface area contributed by atoms with Crippen molar-refractivity contribution in [2.75, 3.05) is 19.6 Å². The monoisotopic (exact) mass is 390 g/mol. The number of nitrogens with zero attached hydrogens (tertiary/aromatic N) is 3. The van der Waals surface area contributed by atoms with Crippen LogP contribution in [0.2, 0.25) is 5.15 Å². The lowest BCUT2D eigenvalue weighted by atomic mass is 10.2. The maximum Gasteiger partial charge on any atom is 0.244 e. The average Bonchev–Trinajstić information content (AvgIpc) is 3.28. The number of benzene rings is 1. The van der Waals surface area contributed by atoms with Gasteiger partial charge in [0, 0.05) is 24.7 Å². The summed E-state index contributed by atoms with van der Waals surface area (Å²) in [6, 6.07) is 5.78. The number of aromatic nitrogens is 2. The first-order chi connectivity index (χ1) is 13.0. The number of rotatable bonds is 5. The number of amides is 2. The van der Waals surface area contributed by atoms with Crippen LogP contribution in [0.4, 0.5) is 4.39 Å². The van der Waals surface area contributed by atoms with Gasteiger partial charge in [0.2, 0.25) is 11.8 Å². The molecule has 2 amide bonds. The topological polar surface area (TPSA) is 67.2 Å². The lowest BCUT2D eigenvalue weighted by Crippen LogP contribution is -2.38. The number of carbonyl (C=O) groups excluding carboxylic acids is 2. The van der Waals surface area contributed by atoms with Gasteiger partial charge in [-0.15, -0.1) is 0 Å². The number of aryl methyl sites for hydroxylation is 1. The van der Waals surface area contributed by atoms with Crippen LogP contribution in [0.15, 0.2) is 30.3 Å². The molecule has 0 saturated carbocycles. The molecule has 1 saturated heterocycles. The third-order valence-electron chi connectivity index (χ3n) is 4.39. The summed E-state index contributed by atoms with van der Waals surface area (Å²) in [5.41, 5.74) is 1.83. The van der Waals surface area contributed by atoms with Crippen LogP contribution in [0.5, 0.6) is 0 Å². The Balaban J connectivity index is 1.65. The number of likely N-dealkylation sites (tertiary alicyclic amines) is 1. The van der Waals surface area contributed by atoms with Gasteiger partial charge in [-0.05, 0) is 50.1 Å². The van der Waals surface area contributed by atoms with Crippen molar-refractivity contribution < 1.29 is 14.0 Å². The van der Waals surface area contributed by atoms with Gasteiger partial charge in [-0.1, -0.05) is 11.6 Å². The Kier molecular flexibility index (Phi) is 5.91. The Labute approximate surface area is 161 Å². The van der Waals surface area contributed by atoms with E-state index in [0.717, 1.165) is 25.9 Å². The minimum atomic E-state index is -0.382. The molecule has 1 aromatic heterocycles. The summed E-state index contributed by atoms with van der Waals surface area (Å²) in [7, 11) is 0. The van der Waals surface area contributed by atoms with Crippen molar-refractivity contribution in [1.82, 2.24) is 20.0 Å². The molecule has 6 nitrogen and oxygen atoms in total. The van der Waals surface area contributed by atoms with E-state index in [1.165, 1.54) is 22.9 Å². The molecule has 0 unspecified atom stereocenters. The molecule has 8 heteroatoms. The Hall–Kier alpha value is -2.67. The largest absolute Gasteiger partial charge is 0.343 e. The van der Waals surface area contributed by atoms with E-state index in [1.54, 1.807) is 30.0 Å². The zero-order valence-electron chi connectivity index (χ0n) is 14.9. The number of hydrogen-bond donors (Lipinski definition) is 1. The molecule has 0 spiro atoms. The molecule has 2 aromatic rings. The maximum absolute atomic E-state index is 13.1. The van der Waals surface area contributed by atoms with Crippen molar-refractivity contribution in [1.29, 1.82) is 0 Å². The molecule has 142 valence electrons. The average molecular weight is 391 g/mol. The minimum Gasteiger partial charge on any atom is -0.343 e. The molecule has 0 aliphatic carbocycles. The van der Waals surface area contributed by atoms with E-state index in [2.05, 4.69) is 10.4 Å². The summed E-state index contributed by atoms with van der Waals surface area (Å²) in [6.07, 6.45) is 4.90. The lowest BCUT2D eigenvalue weighted by Gasteiger charge is -2.14. The smallest absolute Gasteiger partial charge is 0.244 e. The molecule has 1 aliphatic heterocycles. The van der Waals surface area contributed by atoms with E-state index in [9.17, 15) is 14.0 Å². The predicted molar refractivity (Wildman–Crippen MR) is 101 cm³/mol. The van der Waals surface area contributed by atoms with Crippen molar-refractivity contribution in [3.8, 4) is 5.69 Å². The fraction of sp³-hybridized carbons (Fsp3) is 0.316. The fourth-order valence-corrected chi connectivity index (χ4v) is 3.25. The lowest BCUT2D eigenvalue weighted by molar-refractivity contribution is -0.131. The number of carbonyl (C=O) groups is 2. The second-order valence-electron chi connectivity index (χ2n) is 6.32. The van der Waals surface area contributed by atoms with Gasteiger partial charge < -0.3 is 10.2 Å². The van der Waals surface area contributed by atoms with Gasteiger partial charge in [0.15, 0.2) is 0 Å². The highest BCUT2D eigenvalue weighted by molar-refractivity contribution is 6.31. The molecule has 0 bridgehead atoms. The van der Waals surface area contributed by atoms with Gasteiger partial charge in [0.25, 0.3) is 0 Å². The van der Waals surface area contributed by atoms with Crippen molar-refractivity contribution in [3.63, 3.8) is 0 Å². The van der Waals surface area contributed by atoms with Crippen LogP contribution in [0.1, 0.15) is 24.1 Å². The van der Waals surface area contributed by atoms with Crippen molar-refractivity contribution in [2.45, 2.75) is 19.8 Å². The van der Waals surface area contributed by atoms with E-state index in [1.807, 2.05) is 0 Å². The molecule has 0 radical (unpaired) electrons. The highest BCUT2D eigenvalue weighted by Gasteiger charge is 2.18. The summed E-state index contributed by atoms with van der Waals surface area (Å²) in [6.45, 7) is 3.24.